The molecule has 1 aromatic carbocycles. The minimum Gasteiger partial charge on any atom is -0.264 e. The van der Waals surface area contributed by atoms with Crippen LogP contribution in [0.1, 0.15) is 11.1 Å². The third-order valence-electron chi connectivity index (χ3n) is 3.24. The van der Waals surface area contributed by atoms with Crippen LogP contribution in [0, 0.1) is 6.92 Å². The minimum absolute atomic E-state index is 0.0870. The fraction of sp³-hybridized carbons (Fsp3) is 0.143. The molecule has 118 valence electrons. The van der Waals surface area contributed by atoms with Crippen molar-refractivity contribution in [2.75, 3.05) is 0 Å². The summed E-state index contributed by atoms with van der Waals surface area (Å²) in [5.41, 5.74) is 2.16. The molecule has 0 amide bonds. The summed E-state index contributed by atoms with van der Waals surface area (Å²) in [6.45, 7) is 2.12. The lowest BCUT2D eigenvalue weighted by atomic mass is 10.1. The van der Waals surface area contributed by atoms with Gasteiger partial charge in [-0.25, -0.2) is 13.6 Å². The molecule has 0 aliphatic carbocycles. The quantitative estimate of drug-likeness (QED) is 0.754. The van der Waals surface area contributed by atoms with Gasteiger partial charge in [-0.15, -0.1) is 10.2 Å². The molecule has 2 heterocycles. The van der Waals surface area contributed by atoms with Gasteiger partial charge >= 0.3 is 0 Å². The zero-order chi connectivity index (χ0) is 16.4. The number of aryl methyl sites for hydroxylation is 1. The zero-order valence-corrected chi connectivity index (χ0v) is 13.1. The first-order chi connectivity index (χ1) is 10.9. The standard InChI is InChI=1S/C14H14N6O2S/c1-10-7-12(4-5-13(10)23(15,21)22)14-17-19-20(18-14)9-11-3-2-6-16-8-11/h2-8H,9H2,1H3,(H2,15,21,22). The zero-order valence-electron chi connectivity index (χ0n) is 12.3. The van der Waals surface area contributed by atoms with E-state index in [0.29, 0.717) is 23.5 Å². The number of benzene rings is 1. The van der Waals surface area contributed by atoms with Gasteiger partial charge in [0.2, 0.25) is 15.8 Å². The number of pyridine rings is 1. The van der Waals surface area contributed by atoms with Gasteiger partial charge in [-0.05, 0) is 47.5 Å². The first-order valence-corrected chi connectivity index (χ1v) is 8.28. The lowest BCUT2D eigenvalue weighted by molar-refractivity contribution is 0.572. The third-order valence-corrected chi connectivity index (χ3v) is 4.31. The average molecular weight is 330 g/mol. The Kier molecular flexibility index (Phi) is 3.89. The SMILES string of the molecule is Cc1cc(-c2nnn(Cc3cccnc3)n2)ccc1S(N)(=O)=O. The Morgan fingerprint density at radius 3 is 2.74 bits per heavy atom. The molecular weight excluding hydrogens is 316 g/mol. The smallest absolute Gasteiger partial charge is 0.238 e. The molecular formula is C14H14N6O2S. The van der Waals surface area contributed by atoms with Crippen molar-refractivity contribution in [2.45, 2.75) is 18.4 Å². The second kappa shape index (κ2) is 5.86. The highest BCUT2D eigenvalue weighted by atomic mass is 32.2. The van der Waals surface area contributed by atoms with Gasteiger partial charge in [-0.1, -0.05) is 6.07 Å². The molecule has 2 N–H and O–H groups in total. The number of aromatic nitrogens is 5. The molecule has 9 heteroatoms. The van der Waals surface area contributed by atoms with E-state index in [2.05, 4.69) is 20.4 Å². The highest BCUT2D eigenvalue weighted by molar-refractivity contribution is 7.89. The van der Waals surface area contributed by atoms with Crippen LogP contribution in [-0.2, 0) is 16.6 Å². The summed E-state index contributed by atoms with van der Waals surface area (Å²) in [5.74, 6) is 0.415. The van der Waals surface area contributed by atoms with Gasteiger partial charge < -0.3 is 0 Å². The van der Waals surface area contributed by atoms with Crippen LogP contribution < -0.4 is 5.14 Å². The fourth-order valence-electron chi connectivity index (χ4n) is 2.19. The molecule has 0 radical (unpaired) electrons. The van der Waals surface area contributed by atoms with Crippen LogP contribution in [0.4, 0.5) is 0 Å². The normalized spacial score (nSPS) is 11.6. The first kappa shape index (κ1) is 15.3. The summed E-state index contributed by atoms with van der Waals surface area (Å²) in [7, 11) is -3.74. The predicted molar refractivity (Wildman–Crippen MR) is 82.7 cm³/mol. The van der Waals surface area contributed by atoms with Crippen LogP contribution in [0.2, 0.25) is 0 Å². The van der Waals surface area contributed by atoms with Gasteiger partial charge in [0, 0.05) is 18.0 Å². The van der Waals surface area contributed by atoms with E-state index < -0.39 is 10.0 Å². The molecule has 0 aliphatic heterocycles. The van der Waals surface area contributed by atoms with E-state index in [1.165, 1.54) is 10.9 Å². The molecule has 3 rings (SSSR count). The Morgan fingerprint density at radius 2 is 2.09 bits per heavy atom. The van der Waals surface area contributed by atoms with Crippen molar-refractivity contribution in [1.29, 1.82) is 0 Å². The van der Waals surface area contributed by atoms with Gasteiger partial charge in [0.1, 0.15) is 0 Å². The maximum Gasteiger partial charge on any atom is 0.238 e. The summed E-state index contributed by atoms with van der Waals surface area (Å²) < 4.78 is 22.9. The molecule has 2 aromatic heterocycles. The van der Waals surface area contributed by atoms with Gasteiger partial charge in [0.15, 0.2) is 0 Å². The topological polar surface area (TPSA) is 117 Å². The van der Waals surface area contributed by atoms with Crippen molar-refractivity contribution in [3.63, 3.8) is 0 Å². The predicted octanol–water partition coefficient (Wildman–Crippen LogP) is 0.739. The largest absolute Gasteiger partial charge is 0.264 e. The summed E-state index contributed by atoms with van der Waals surface area (Å²) in [4.78, 5) is 5.57. The molecule has 0 unspecified atom stereocenters. The number of sulfonamides is 1. The molecule has 0 saturated carbocycles. The molecule has 0 fully saturated rings. The minimum atomic E-state index is -3.74. The van der Waals surface area contributed by atoms with Gasteiger partial charge in [-0.3, -0.25) is 4.98 Å². The monoisotopic (exact) mass is 330 g/mol. The fourth-order valence-corrected chi connectivity index (χ4v) is 2.95. The molecule has 0 atom stereocenters. The molecule has 0 bridgehead atoms. The van der Waals surface area contributed by atoms with E-state index in [1.54, 1.807) is 31.5 Å². The van der Waals surface area contributed by atoms with Crippen LogP contribution in [0.3, 0.4) is 0 Å². The maximum atomic E-state index is 11.4. The highest BCUT2D eigenvalue weighted by Crippen LogP contribution is 2.21. The van der Waals surface area contributed by atoms with Crippen LogP contribution in [-0.4, -0.2) is 33.6 Å². The summed E-state index contributed by atoms with van der Waals surface area (Å²) >= 11 is 0. The number of primary sulfonamides is 1. The summed E-state index contributed by atoms with van der Waals surface area (Å²) in [5, 5.41) is 17.4. The lowest BCUT2D eigenvalue weighted by Gasteiger charge is -2.04. The Hall–Kier alpha value is -2.65. The van der Waals surface area contributed by atoms with Crippen molar-refractivity contribution < 1.29 is 8.42 Å². The van der Waals surface area contributed by atoms with Gasteiger partial charge in [0.25, 0.3) is 0 Å². The van der Waals surface area contributed by atoms with Crippen molar-refractivity contribution in [3.05, 3.63) is 53.9 Å². The number of rotatable bonds is 4. The van der Waals surface area contributed by atoms with E-state index in [0.717, 1.165) is 5.56 Å². The molecule has 0 saturated heterocycles. The summed E-state index contributed by atoms with van der Waals surface area (Å²) in [6.07, 6.45) is 3.42. The van der Waals surface area contributed by atoms with E-state index in [4.69, 9.17) is 5.14 Å². The molecule has 8 nitrogen and oxygen atoms in total. The van der Waals surface area contributed by atoms with E-state index in [9.17, 15) is 8.42 Å². The number of tetrazole rings is 1. The van der Waals surface area contributed by atoms with Crippen LogP contribution >= 0.6 is 0 Å². The van der Waals surface area contributed by atoms with Crippen molar-refractivity contribution in [3.8, 4) is 11.4 Å². The summed E-state index contributed by atoms with van der Waals surface area (Å²) in [6, 6.07) is 8.48. The third kappa shape index (κ3) is 3.41. The van der Waals surface area contributed by atoms with Gasteiger partial charge in [-0.2, -0.15) is 4.80 Å². The Morgan fingerprint density at radius 1 is 1.26 bits per heavy atom. The second-order valence-corrected chi connectivity index (χ2v) is 6.56. The Bertz CT molecular complexity index is 937. The molecule has 0 aliphatic rings. The van der Waals surface area contributed by atoms with E-state index in [1.807, 2.05) is 12.1 Å². The van der Waals surface area contributed by atoms with Crippen LogP contribution in [0.25, 0.3) is 11.4 Å². The highest BCUT2D eigenvalue weighted by Gasteiger charge is 2.14. The number of hydrogen-bond donors (Lipinski definition) is 1. The van der Waals surface area contributed by atoms with Crippen LogP contribution in [0.15, 0.2) is 47.6 Å². The lowest BCUT2D eigenvalue weighted by Crippen LogP contribution is -2.13. The van der Waals surface area contributed by atoms with E-state index >= 15 is 0 Å². The van der Waals surface area contributed by atoms with Crippen molar-refractivity contribution in [2.24, 2.45) is 5.14 Å². The Labute approximate surface area is 133 Å². The van der Waals surface area contributed by atoms with Crippen molar-refractivity contribution in [1.82, 2.24) is 25.2 Å². The number of nitrogens with zero attached hydrogens (tertiary/aromatic N) is 5. The number of hydrogen-bond acceptors (Lipinski definition) is 6. The Balaban J connectivity index is 1.87. The molecule has 0 spiro atoms. The maximum absolute atomic E-state index is 11.4. The average Bonchev–Trinajstić information content (AvgIpc) is 2.95. The van der Waals surface area contributed by atoms with Crippen molar-refractivity contribution >= 4 is 10.0 Å². The van der Waals surface area contributed by atoms with Gasteiger partial charge in [0.05, 0.1) is 11.4 Å². The second-order valence-electron chi connectivity index (χ2n) is 5.03. The molecule has 23 heavy (non-hydrogen) atoms. The molecule has 3 aromatic rings. The van der Waals surface area contributed by atoms with Crippen LogP contribution in [0.5, 0.6) is 0 Å². The van der Waals surface area contributed by atoms with E-state index in [-0.39, 0.29) is 4.90 Å². The first-order valence-electron chi connectivity index (χ1n) is 6.74. The number of nitrogens with two attached hydrogens (primary N) is 1.